The maximum atomic E-state index is 10.7. The van der Waals surface area contributed by atoms with Crippen molar-refractivity contribution in [3.63, 3.8) is 0 Å². The molecule has 0 aliphatic heterocycles. The van der Waals surface area contributed by atoms with Gasteiger partial charge in [-0.15, -0.1) is 0 Å². The number of nitro groups is 1. The van der Waals surface area contributed by atoms with Crippen LogP contribution >= 0.6 is 0 Å². The van der Waals surface area contributed by atoms with Crippen LogP contribution in [0.1, 0.15) is 0 Å². The molecule has 0 saturated heterocycles. The summed E-state index contributed by atoms with van der Waals surface area (Å²) in [7, 11) is -3.62. The fourth-order valence-electron chi connectivity index (χ4n) is 0.974. The van der Waals surface area contributed by atoms with Crippen LogP contribution in [-0.4, -0.2) is 25.0 Å². The van der Waals surface area contributed by atoms with Crippen LogP contribution < -0.4 is 34.3 Å². The first-order valence-corrected chi connectivity index (χ1v) is 5.05. The van der Waals surface area contributed by atoms with Gasteiger partial charge in [-0.2, -0.15) is 0 Å². The molecule has 9 heteroatoms. The predicted molar refractivity (Wildman–Crippen MR) is 47.6 cm³/mol. The monoisotopic (exact) mass is 255 g/mol. The van der Waals surface area contributed by atoms with Crippen molar-refractivity contribution in [3.05, 3.63) is 28.3 Å². The van der Waals surface area contributed by atoms with Gasteiger partial charge in [-0.3, -0.25) is 10.1 Å². The van der Waals surface area contributed by atoms with Crippen molar-refractivity contribution in [2.75, 3.05) is 7.11 Å². The van der Waals surface area contributed by atoms with Gasteiger partial charge < -0.3 is 9.29 Å². The SMILES string of the molecule is COc1ccc([N+](=O)[O-])cc1S(=O)(=O)[O-].[Na+]. The van der Waals surface area contributed by atoms with Crippen molar-refractivity contribution in [2.24, 2.45) is 0 Å². The molecule has 0 radical (unpaired) electrons. The smallest absolute Gasteiger partial charge is 0.744 e. The van der Waals surface area contributed by atoms with Gasteiger partial charge in [-0.1, -0.05) is 0 Å². The van der Waals surface area contributed by atoms with Crippen LogP contribution in [0.3, 0.4) is 0 Å². The van der Waals surface area contributed by atoms with Gasteiger partial charge in [0.05, 0.1) is 12.0 Å². The van der Waals surface area contributed by atoms with E-state index in [0.717, 1.165) is 19.2 Å². The van der Waals surface area contributed by atoms with E-state index in [0.29, 0.717) is 6.07 Å². The maximum Gasteiger partial charge on any atom is 1.00 e. The minimum absolute atomic E-state index is 0. The van der Waals surface area contributed by atoms with Crippen LogP contribution in [0.2, 0.25) is 0 Å². The Morgan fingerprint density at radius 3 is 2.31 bits per heavy atom. The maximum absolute atomic E-state index is 10.7. The van der Waals surface area contributed by atoms with Crippen molar-refractivity contribution < 1.29 is 52.2 Å². The number of hydrogen-bond donors (Lipinski definition) is 0. The first-order valence-electron chi connectivity index (χ1n) is 3.64. The molecule has 16 heavy (non-hydrogen) atoms. The second-order valence-electron chi connectivity index (χ2n) is 2.55. The number of methoxy groups -OCH3 is 1. The molecule has 0 aliphatic carbocycles. The van der Waals surface area contributed by atoms with E-state index in [-0.39, 0.29) is 35.3 Å². The van der Waals surface area contributed by atoms with Crippen molar-refractivity contribution in [1.82, 2.24) is 0 Å². The number of nitro benzene ring substituents is 1. The normalized spacial score (nSPS) is 10.4. The molecule has 0 heterocycles. The number of nitrogens with zero attached hydrogens (tertiary/aromatic N) is 1. The van der Waals surface area contributed by atoms with E-state index in [1.54, 1.807) is 0 Å². The summed E-state index contributed by atoms with van der Waals surface area (Å²) in [6.45, 7) is 0. The molecule has 0 atom stereocenters. The summed E-state index contributed by atoms with van der Waals surface area (Å²) >= 11 is 0. The molecule has 0 aromatic heterocycles. The molecule has 0 unspecified atom stereocenters. The Hall–Kier alpha value is -0.670. The third kappa shape index (κ3) is 3.42. The topological polar surface area (TPSA) is 110 Å². The fraction of sp³-hybridized carbons (Fsp3) is 0.143. The van der Waals surface area contributed by atoms with E-state index >= 15 is 0 Å². The largest absolute Gasteiger partial charge is 1.00 e. The van der Waals surface area contributed by atoms with Crippen molar-refractivity contribution >= 4 is 15.8 Å². The van der Waals surface area contributed by atoms with Gasteiger partial charge >= 0.3 is 29.6 Å². The van der Waals surface area contributed by atoms with Crippen LogP contribution in [0.15, 0.2) is 23.1 Å². The first kappa shape index (κ1) is 15.3. The Bertz CT molecular complexity index is 500. The van der Waals surface area contributed by atoms with E-state index in [4.69, 9.17) is 0 Å². The molecule has 1 aromatic rings. The third-order valence-corrected chi connectivity index (χ3v) is 2.49. The van der Waals surface area contributed by atoms with Gasteiger partial charge in [-0.25, -0.2) is 8.42 Å². The molecule has 0 bridgehead atoms. The minimum atomic E-state index is -4.78. The average molecular weight is 255 g/mol. The van der Waals surface area contributed by atoms with E-state index in [1.165, 1.54) is 0 Å². The Morgan fingerprint density at radius 2 is 1.94 bits per heavy atom. The average Bonchev–Trinajstić information content (AvgIpc) is 2.15. The van der Waals surface area contributed by atoms with E-state index in [9.17, 15) is 23.1 Å². The van der Waals surface area contributed by atoms with Gasteiger partial charge in [0.1, 0.15) is 20.8 Å². The van der Waals surface area contributed by atoms with E-state index in [1.807, 2.05) is 0 Å². The van der Waals surface area contributed by atoms with E-state index in [2.05, 4.69) is 4.74 Å². The van der Waals surface area contributed by atoms with Crippen LogP contribution in [-0.2, 0) is 10.1 Å². The van der Waals surface area contributed by atoms with Crippen molar-refractivity contribution in [3.8, 4) is 5.75 Å². The number of rotatable bonds is 3. The standard InChI is InChI=1S/C7H7NO6S.Na/c1-14-6-3-2-5(8(9)10)4-7(6)15(11,12)13;/h2-4H,1H3,(H,11,12,13);/q;+1/p-1. The van der Waals surface area contributed by atoms with Gasteiger partial charge in [0, 0.05) is 12.1 Å². The Balaban J connectivity index is 0.00000225. The molecule has 0 fully saturated rings. The van der Waals surface area contributed by atoms with Crippen LogP contribution in [0.4, 0.5) is 5.69 Å². The summed E-state index contributed by atoms with van der Waals surface area (Å²) in [6.07, 6.45) is 0. The summed E-state index contributed by atoms with van der Waals surface area (Å²) in [6, 6.07) is 2.78. The second-order valence-corrected chi connectivity index (χ2v) is 3.89. The molecule has 0 amide bonds. The molecule has 0 N–H and O–H groups in total. The number of non-ortho nitro benzene ring substituents is 1. The summed E-state index contributed by atoms with van der Waals surface area (Å²) in [5.41, 5.74) is -0.481. The Labute approximate surface area is 114 Å². The summed E-state index contributed by atoms with van der Waals surface area (Å²) in [5.74, 6) is -0.212. The molecule has 82 valence electrons. The Kier molecular flexibility index (Phi) is 5.36. The van der Waals surface area contributed by atoms with Crippen LogP contribution in [0.25, 0.3) is 0 Å². The molecular formula is C7H6NNaO6S. The summed E-state index contributed by atoms with van der Waals surface area (Å²) < 4.78 is 36.8. The summed E-state index contributed by atoms with van der Waals surface area (Å²) in [5, 5.41) is 10.3. The molecular weight excluding hydrogens is 249 g/mol. The van der Waals surface area contributed by atoms with Gasteiger partial charge in [0.2, 0.25) is 0 Å². The van der Waals surface area contributed by atoms with E-state index < -0.39 is 25.6 Å². The molecule has 1 aromatic carbocycles. The fourth-order valence-corrected chi connectivity index (χ4v) is 1.64. The zero-order valence-corrected chi connectivity index (χ0v) is 11.4. The third-order valence-electron chi connectivity index (χ3n) is 1.63. The number of hydrogen-bond acceptors (Lipinski definition) is 6. The van der Waals surface area contributed by atoms with Crippen LogP contribution in [0, 0.1) is 10.1 Å². The van der Waals surface area contributed by atoms with Crippen LogP contribution in [0.5, 0.6) is 5.75 Å². The van der Waals surface area contributed by atoms with Gasteiger partial charge in [0.25, 0.3) is 5.69 Å². The summed E-state index contributed by atoms with van der Waals surface area (Å²) in [4.78, 5) is 8.81. The zero-order chi connectivity index (χ0) is 11.6. The second kappa shape index (κ2) is 5.60. The quantitative estimate of drug-likeness (QED) is 0.256. The minimum Gasteiger partial charge on any atom is -0.744 e. The molecule has 0 spiro atoms. The molecule has 7 nitrogen and oxygen atoms in total. The predicted octanol–water partition coefficient (Wildman–Crippen LogP) is -2.49. The van der Waals surface area contributed by atoms with Crippen molar-refractivity contribution in [1.29, 1.82) is 0 Å². The molecule has 1 rings (SSSR count). The first-order chi connectivity index (χ1) is 6.86. The zero-order valence-electron chi connectivity index (χ0n) is 8.54. The number of benzene rings is 1. The van der Waals surface area contributed by atoms with Crippen molar-refractivity contribution in [2.45, 2.75) is 4.90 Å². The van der Waals surface area contributed by atoms with Gasteiger partial charge in [0.15, 0.2) is 0 Å². The van der Waals surface area contributed by atoms with Gasteiger partial charge in [-0.05, 0) is 6.07 Å². The molecule has 0 aliphatic rings. The Morgan fingerprint density at radius 1 is 1.38 bits per heavy atom. The molecule has 0 saturated carbocycles. The number of ether oxygens (including phenoxy) is 1.